The Morgan fingerprint density at radius 3 is 2.73 bits per heavy atom. The van der Waals surface area contributed by atoms with Crippen molar-refractivity contribution in [2.45, 2.75) is 20.3 Å². The Labute approximate surface area is 66.3 Å². The van der Waals surface area contributed by atoms with Crippen molar-refractivity contribution in [1.29, 1.82) is 0 Å². The third kappa shape index (κ3) is 2.50. The quantitative estimate of drug-likeness (QED) is 0.638. The van der Waals surface area contributed by atoms with Gasteiger partial charge in [-0.1, -0.05) is 6.07 Å². The second-order valence-corrected chi connectivity index (χ2v) is 2.69. The predicted molar refractivity (Wildman–Crippen MR) is 43.4 cm³/mol. The first-order valence-electron chi connectivity index (χ1n) is 3.59. The van der Waals surface area contributed by atoms with Crippen LogP contribution in [-0.2, 0) is 11.2 Å². The molecule has 0 saturated carbocycles. The minimum absolute atomic E-state index is 0.177. The number of hydrogen-bond donors (Lipinski definition) is 0. The zero-order chi connectivity index (χ0) is 8.27. The molecule has 0 saturated heterocycles. The summed E-state index contributed by atoms with van der Waals surface area (Å²) in [4.78, 5) is 14.8. The van der Waals surface area contributed by atoms with Gasteiger partial charge in [0.15, 0.2) is 0 Å². The molecule has 0 atom stereocenters. The molecule has 2 heteroatoms. The van der Waals surface area contributed by atoms with E-state index in [4.69, 9.17) is 0 Å². The number of nitrogens with zero attached hydrogens (tertiary/aromatic N) is 1. The van der Waals surface area contributed by atoms with Gasteiger partial charge < -0.3 is 0 Å². The highest BCUT2D eigenvalue weighted by Gasteiger charge is 1.96. The summed E-state index contributed by atoms with van der Waals surface area (Å²) in [6.45, 7) is 3.51. The van der Waals surface area contributed by atoms with Gasteiger partial charge in [0.2, 0.25) is 0 Å². The first-order valence-corrected chi connectivity index (χ1v) is 3.59. The van der Waals surface area contributed by atoms with Crippen molar-refractivity contribution in [3.63, 3.8) is 0 Å². The fraction of sp³-hybridized carbons (Fsp3) is 0.333. The summed E-state index contributed by atoms with van der Waals surface area (Å²) in [6, 6.07) is 3.85. The van der Waals surface area contributed by atoms with Crippen molar-refractivity contribution in [1.82, 2.24) is 4.98 Å². The maximum absolute atomic E-state index is 10.7. The summed E-state index contributed by atoms with van der Waals surface area (Å²) in [5.74, 6) is 0.177. The summed E-state index contributed by atoms with van der Waals surface area (Å²) in [6.07, 6.45) is 2.24. The van der Waals surface area contributed by atoms with Crippen LogP contribution in [0, 0.1) is 6.92 Å². The number of hydrogen-bond acceptors (Lipinski definition) is 2. The van der Waals surface area contributed by atoms with Gasteiger partial charge in [0.1, 0.15) is 5.78 Å². The molecule has 0 radical (unpaired) electrons. The summed E-state index contributed by atoms with van der Waals surface area (Å²) in [5.41, 5.74) is 1.97. The van der Waals surface area contributed by atoms with E-state index >= 15 is 0 Å². The first kappa shape index (κ1) is 7.92. The van der Waals surface area contributed by atoms with Crippen LogP contribution >= 0.6 is 0 Å². The molecule has 0 aliphatic carbocycles. The average molecular weight is 149 g/mol. The molecule has 1 aromatic heterocycles. The zero-order valence-electron chi connectivity index (χ0n) is 6.79. The summed E-state index contributed by atoms with van der Waals surface area (Å²) < 4.78 is 0. The van der Waals surface area contributed by atoms with Crippen LogP contribution in [0.1, 0.15) is 18.2 Å². The lowest BCUT2D eigenvalue weighted by molar-refractivity contribution is -0.116. The number of aromatic nitrogens is 1. The molecule has 2 nitrogen and oxygen atoms in total. The summed E-state index contributed by atoms with van der Waals surface area (Å²) in [7, 11) is 0. The minimum Gasteiger partial charge on any atom is -0.300 e. The van der Waals surface area contributed by atoms with Crippen LogP contribution in [-0.4, -0.2) is 10.8 Å². The Bertz CT molecular complexity index is 251. The van der Waals surface area contributed by atoms with Gasteiger partial charge in [0, 0.05) is 18.3 Å². The third-order valence-electron chi connectivity index (χ3n) is 1.43. The molecule has 11 heavy (non-hydrogen) atoms. The van der Waals surface area contributed by atoms with Gasteiger partial charge in [-0.25, -0.2) is 0 Å². The molecule has 1 aromatic rings. The van der Waals surface area contributed by atoms with Crippen LogP contribution in [0.4, 0.5) is 0 Å². The van der Waals surface area contributed by atoms with E-state index in [0.29, 0.717) is 6.42 Å². The van der Waals surface area contributed by atoms with Gasteiger partial charge in [-0.2, -0.15) is 0 Å². The second-order valence-electron chi connectivity index (χ2n) is 2.69. The molecular formula is C9H11NO. The van der Waals surface area contributed by atoms with Crippen molar-refractivity contribution in [3.8, 4) is 0 Å². The van der Waals surface area contributed by atoms with Gasteiger partial charge in [0.25, 0.3) is 0 Å². The van der Waals surface area contributed by atoms with Gasteiger partial charge >= 0.3 is 0 Å². The zero-order valence-corrected chi connectivity index (χ0v) is 6.79. The number of ketones is 1. The van der Waals surface area contributed by atoms with Gasteiger partial charge in [-0.3, -0.25) is 9.78 Å². The van der Waals surface area contributed by atoms with Crippen molar-refractivity contribution >= 4 is 5.78 Å². The molecule has 58 valence electrons. The maximum Gasteiger partial charge on any atom is 0.134 e. The smallest absolute Gasteiger partial charge is 0.134 e. The van der Waals surface area contributed by atoms with Gasteiger partial charge in [0.05, 0.1) is 0 Å². The molecular weight excluding hydrogens is 138 g/mol. The maximum atomic E-state index is 10.7. The number of carbonyl (C=O) groups excluding carboxylic acids is 1. The Morgan fingerprint density at radius 1 is 1.55 bits per heavy atom. The SMILES string of the molecule is CC(=O)Cc1ccc(C)nc1. The average Bonchev–Trinajstić information content (AvgIpc) is 1.93. The molecule has 1 heterocycles. The van der Waals surface area contributed by atoms with Crippen LogP contribution in [0.5, 0.6) is 0 Å². The lowest BCUT2D eigenvalue weighted by atomic mass is 10.1. The van der Waals surface area contributed by atoms with Gasteiger partial charge in [-0.15, -0.1) is 0 Å². The van der Waals surface area contributed by atoms with E-state index in [2.05, 4.69) is 4.98 Å². The Hall–Kier alpha value is -1.18. The fourth-order valence-corrected chi connectivity index (χ4v) is 0.890. The predicted octanol–water partition coefficient (Wildman–Crippen LogP) is 1.52. The topological polar surface area (TPSA) is 30.0 Å². The van der Waals surface area contributed by atoms with Crippen molar-refractivity contribution < 1.29 is 4.79 Å². The van der Waals surface area contributed by atoms with E-state index in [0.717, 1.165) is 11.3 Å². The third-order valence-corrected chi connectivity index (χ3v) is 1.43. The largest absolute Gasteiger partial charge is 0.300 e. The van der Waals surface area contributed by atoms with E-state index < -0.39 is 0 Å². The highest BCUT2D eigenvalue weighted by Crippen LogP contribution is 2.00. The van der Waals surface area contributed by atoms with E-state index in [1.807, 2.05) is 19.1 Å². The van der Waals surface area contributed by atoms with Crippen LogP contribution in [0.2, 0.25) is 0 Å². The van der Waals surface area contributed by atoms with E-state index in [1.165, 1.54) is 0 Å². The molecule has 0 aliphatic rings. The molecule has 1 rings (SSSR count). The summed E-state index contributed by atoms with van der Waals surface area (Å²) >= 11 is 0. The number of aryl methyl sites for hydroxylation is 1. The lowest BCUT2D eigenvalue weighted by Crippen LogP contribution is -1.96. The highest BCUT2D eigenvalue weighted by atomic mass is 16.1. The monoisotopic (exact) mass is 149 g/mol. The van der Waals surface area contributed by atoms with Crippen LogP contribution in [0.25, 0.3) is 0 Å². The van der Waals surface area contributed by atoms with Crippen molar-refractivity contribution in [2.75, 3.05) is 0 Å². The Kier molecular flexibility index (Phi) is 2.36. The van der Waals surface area contributed by atoms with Crippen LogP contribution in [0.15, 0.2) is 18.3 Å². The van der Waals surface area contributed by atoms with Crippen LogP contribution < -0.4 is 0 Å². The number of pyridine rings is 1. The summed E-state index contributed by atoms with van der Waals surface area (Å²) in [5, 5.41) is 0. The normalized spacial score (nSPS) is 9.64. The molecule has 0 spiro atoms. The van der Waals surface area contributed by atoms with E-state index in [9.17, 15) is 4.79 Å². The molecule has 0 N–H and O–H groups in total. The Balaban J connectivity index is 2.74. The van der Waals surface area contributed by atoms with Crippen molar-refractivity contribution in [2.24, 2.45) is 0 Å². The van der Waals surface area contributed by atoms with E-state index in [1.54, 1.807) is 13.1 Å². The number of carbonyl (C=O) groups is 1. The van der Waals surface area contributed by atoms with Gasteiger partial charge in [-0.05, 0) is 25.5 Å². The first-order chi connectivity index (χ1) is 5.18. The molecule has 0 bridgehead atoms. The van der Waals surface area contributed by atoms with E-state index in [-0.39, 0.29) is 5.78 Å². The fourth-order valence-electron chi connectivity index (χ4n) is 0.890. The minimum atomic E-state index is 0.177. The molecule has 0 unspecified atom stereocenters. The molecule has 0 aliphatic heterocycles. The molecule has 0 fully saturated rings. The molecule has 0 amide bonds. The Morgan fingerprint density at radius 2 is 2.27 bits per heavy atom. The highest BCUT2D eigenvalue weighted by molar-refractivity contribution is 5.78. The number of Topliss-reactive ketones (excluding diaryl/α,β-unsaturated/α-hetero) is 1. The number of rotatable bonds is 2. The second kappa shape index (κ2) is 3.28. The molecule has 0 aromatic carbocycles. The van der Waals surface area contributed by atoms with Crippen molar-refractivity contribution in [3.05, 3.63) is 29.6 Å². The van der Waals surface area contributed by atoms with Crippen LogP contribution in [0.3, 0.4) is 0 Å². The lowest BCUT2D eigenvalue weighted by Gasteiger charge is -1.96. The standard InChI is InChI=1S/C9H11NO/c1-7-3-4-9(6-10-7)5-8(2)11/h3-4,6H,5H2,1-2H3.